The van der Waals surface area contributed by atoms with E-state index in [0.717, 1.165) is 12.8 Å². The Kier molecular flexibility index (Phi) is 6.73. The van der Waals surface area contributed by atoms with Crippen molar-refractivity contribution in [3.63, 3.8) is 0 Å². The van der Waals surface area contributed by atoms with E-state index >= 15 is 0 Å². The summed E-state index contributed by atoms with van der Waals surface area (Å²) in [4.78, 5) is 34.8. The number of carbonyl (C=O) groups excluding carboxylic acids is 3. The van der Waals surface area contributed by atoms with Crippen molar-refractivity contribution < 1.29 is 19.1 Å². The second-order valence-corrected chi connectivity index (χ2v) is 5.59. The number of urea groups is 1. The quantitative estimate of drug-likeness (QED) is 0.522. The van der Waals surface area contributed by atoms with Gasteiger partial charge in [0.25, 0.3) is 5.91 Å². The second-order valence-electron chi connectivity index (χ2n) is 5.59. The standard InChI is InChI=1S/C19H21N3O4/c1-2-3-12-26-18(24)14-6-10-15(11-7-14)21-17(23)13-4-8-16(9-5-13)22-19(20)25/h4-11H,2-3,12H2,1H3,(H,21,23)(H3,20,22,25). The molecule has 0 spiro atoms. The van der Waals surface area contributed by atoms with E-state index in [2.05, 4.69) is 10.6 Å². The molecule has 0 atom stereocenters. The number of carbonyl (C=O) groups is 3. The fourth-order valence-electron chi connectivity index (χ4n) is 2.13. The molecular formula is C19H21N3O4. The Labute approximate surface area is 151 Å². The molecule has 0 aliphatic carbocycles. The van der Waals surface area contributed by atoms with Gasteiger partial charge in [-0.1, -0.05) is 13.3 Å². The summed E-state index contributed by atoms with van der Waals surface area (Å²) in [6.45, 7) is 2.42. The zero-order valence-corrected chi connectivity index (χ0v) is 14.5. The van der Waals surface area contributed by atoms with Crippen LogP contribution in [0, 0.1) is 0 Å². The number of primary amides is 1. The number of unbranched alkanes of at least 4 members (excludes halogenated alkanes) is 1. The molecule has 0 saturated heterocycles. The Morgan fingerprint density at radius 1 is 0.885 bits per heavy atom. The lowest BCUT2D eigenvalue weighted by molar-refractivity contribution is 0.0499. The van der Waals surface area contributed by atoms with Crippen LogP contribution < -0.4 is 16.4 Å². The summed E-state index contributed by atoms with van der Waals surface area (Å²) in [5.41, 5.74) is 6.94. The summed E-state index contributed by atoms with van der Waals surface area (Å²) in [7, 11) is 0. The predicted molar refractivity (Wildman–Crippen MR) is 99.2 cm³/mol. The number of hydrogen-bond acceptors (Lipinski definition) is 4. The van der Waals surface area contributed by atoms with Crippen LogP contribution in [-0.4, -0.2) is 24.5 Å². The summed E-state index contributed by atoms with van der Waals surface area (Å²) < 4.78 is 5.13. The minimum absolute atomic E-state index is 0.311. The first-order valence-electron chi connectivity index (χ1n) is 8.24. The molecule has 26 heavy (non-hydrogen) atoms. The van der Waals surface area contributed by atoms with Crippen molar-refractivity contribution in [2.75, 3.05) is 17.2 Å². The largest absolute Gasteiger partial charge is 0.462 e. The Hall–Kier alpha value is -3.35. The molecule has 0 bridgehead atoms. The van der Waals surface area contributed by atoms with Gasteiger partial charge in [0.1, 0.15) is 0 Å². The van der Waals surface area contributed by atoms with E-state index < -0.39 is 6.03 Å². The monoisotopic (exact) mass is 355 g/mol. The molecule has 0 aliphatic rings. The van der Waals surface area contributed by atoms with Gasteiger partial charge in [0.2, 0.25) is 0 Å². The molecule has 0 radical (unpaired) electrons. The van der Waals surface area contributed by atoms with Crippen molar-refractivity contribution in [1.29, 1.82) is 0 Å². The maximum absolute atomic E-state index is 12.2. The summed E-state index contributed by atoms with van der Waals surface area (Å²) in [6, 6.07) is 12.1. The van der Waals surface area contributed by atoms with E-state index in [1.54, 1.807) is 48.5 Å². The Morgan fingerprint density at radius 2 is 1.42 bits per heavy atom. The lowest BCUT2D eigenvalue weighted by Crippen LogP contribution is -2.19. The number of ether oxygens (including phenoxy) is 1. The van der Waals surface area contributed by atoms with E-state index in [0.29, 0.717) is 29.1 Å². The van der Waals surface area contributed by atoms with Gasteiger partial charge in [-0.05, 0) is 55.0 Å². The fraction of sp³-hybridized carbons (Fsp3) is 0.211. The maximum atomic E-state index is 12.2. The molecule has 4 N–H and O–H groups in total. The molecule has 0 saturated carbocycles. The SMILES string of the molecule is CCCCOC(=O)c1ccc(NC(=O)c2ccc(NC(N)=O)cc2)cc1. The molecule has 2 aromatic carbocycles. The van der Waals surface area contributed by atoms with Gasteiger partial charge in [-0.3, -0.25) is 4.79 Å². The molecule has 136 valence electrons. The third kappa shape index (κ3) is 5.62. The van der Waals surface area contributed by atoms with Crippen LogP contribution in [0.5, 0.6) is 0 Å². The van der Waals surface area contributed by atoms with Crippen LogP contribution in [-0.2, 0) is 4.74 Å². The van der Waals surface area contributed by atoms with Crippen molar-refractivity contribution in [1.82, 2.24) is 0 Å². The van der Waals surface area contributed by atoms with Gasteiger partial charge in [-0.25, -0.2) is 9.59 Å². The number of anilines is 2. The highest BCUT2D eigenvalue weighted by atomic mass is 16.5. The van der Waals surface area contributed by atoms with Crippen LogP contribution in [0.3, 0.4) is 0 Å². The molecular weight excluding hydrogens is 334 g/mol. The summed E-state index contributed by atoms with van der Waals surface area (Å²) >= 11 is 0. The van der Waals surface area contributed by atoms with Crippen molar-refractivity contribution in [2.24, 2.45) is 5.73 Å². The van der Waals surface area contributed by atoms with Gasteiger partial charge in [-0.15, -0.1) is 0 Å². The molecule has 2 aromatic rings. The first-order chi connectivity index (χ1) is 12.5. The molecule has 0 unspecified atom stereocenters. The number of rotatable bonds is 7. The lowest BCUT2D eigenvalue weighted by atomic mass is 10.1. The third-order valence-electron chi connectivity index (χ3n) is 3.52. The molecule has 0 aliphatic heterocycles. The van der Waals surface area contributed by atoms with Gasteiger partial charge in [0.15, 0.2) is 0 Å². The Bertz CT molecular complexity index is 770. The lowest BCUT2D eigenvalue weighted by Gasteiger charge is -2.08. The maximum Gasteiger partial charge on any atom is 0.338 e. The number of amides is 3. The summed E-state index contributed by atoms with van der Waals surface area (Å²) in [5, 5.41) is 5.15. The van der Waals surface area contributed by atoms with E-state index in [1.807, 2.05) is 6.92 Å². The highest BCUT2D eigenvalue weighted by molar-refractivity contribution is 6.04. The van der Waals surface area contributed by atoms with Crippen molar-refractivity contribution in [3.05, 3.63) is 59.7 Å². The summed E-state index contributed by atoms with van der Waals surface area (Å²) in [5.74, 6) is -0.692. The van der Waals surface area contributed by atoms with Gasteiger partial charge in [0.05, 0.1) is 12.2 Å². The molecule has 7 nitrogen and oxygen atoms in total. The van der Waals surface area contributed by atoms with Gasteiger partial charge in [0, 0.05) is 16.9 Å². The van der Waals surface area contributed by atoms with Crippen molar-refractivity contribution in [3.8, 4) is 0 Å². The molecule has 0 aromatic heterocycles. The summed E-state index contributed by atoms with van der Waals surface area (Å²) in [6.07, 6.45) is 1.78. The van der Waals surface area contributed by atoms with Crippen molar-refractivity contribution in [2.45, 2.75) is 19.8 Å². The number of hydrogen-bond donors (Lipinski definition) is 3. The number of nitrogens with two attached hydrogens (primary N) is 1. The smallest absolute Gasteiger partial charge is 0.338 e. The number of nitrogens with one attached hydrogen (secondary N) is 2. The zero-order valence-electron chi connectivity index (χ0n) is 14.5. The average Bonchev–Trinajstić information content (AvgIpc) is 2.62. The van der Waals surface area contributed by atoms with Gasteiger partial charge in [-0.2, -0.15) is 0 Å². The van der Waals surface area contributed by atoms with E-state index in [9.17, 15) is 14.4 Å². The Balaban J connectivity index is 1.94. The Morgan fingerprint density at radius 3 is 1.96 bits per heavy atom. The molecule has 3 amide bonds. The van der Waals surface area contributed by atoms with E-state index in [1.165, 1.54) is 0 Å². The van der Waals surface area contributed by atoms with Crippen LogP contribution in [0.4, 0.5) is 16.2 Å². The van der Waals surface area contributed by atoms with Crippen LogP contribution in [0.25, 0.3) is 0 Å². The minimum atomic E-state index is -0.671. The highest BCUT2D eigenvalue weighted by Crippen LogP contribution is 2.14. The van der Waals surface area contributed by atoms with E-state index in [-0.39, 0.29) is 11.9 Å². The normalized spacial score (nSPS) is 10.0. The zero-order chi connectivity index (χ0) is 18.9. The van der Waals surface area contributed by atoms with Crippen LogP contribution in [0.15, 0.2) is 48.5 Å². The highest BCUT2D eigenvalue weighted by Gasteiger charge is 2.09. The van der Waals surface area contributed by atoms with E-state index in [4.69, 9.17) is 10.5 Å². The first kappa shape index (κ1) is 19.0. The van der Waals surface area contributed by atoms with Crippen LogP contribution in [0.1, 0.15) is 40.5 Å². The number of esters is 1. The van der Waals surface area contributed by atoms with Gasteiger partial charge >= 0.3 is 12.0 Å². The van der Waals surface area contributed by atoms with Gasteiger partial charge < -0.3 is 21.1 Å². The minimum Gasteiger partial charge on any atom is -0.462 e. The predicted octanol–water partition coefficient (Wildman–Crippen LogP) is 3.39. The van der Waals surface area contributed by atoms with Crippen LogP contribution >= 0.6 is 0 Å². The fourth-order valence-corrected chi connectivity index (χ4v) is 2.13. The first-order valence-corrected chi connectivity index (χ1v) is 8.24. The topological polar surface area (TPSA) is 111 Å². The molecule has 2 rings (SSSR count). The average molecular weight is 355 g/mol. The van der Waals surface area contributed by atoms with Crippen LogP contribution in [0.2, 0.25) is 0 Å². The second kappa shape index (κ2) is 9.22. The van der Waals surface area contributed by atoms with Crippen molar-refractivity contribution >= 4 is 29.3 Å². The molecule has 0 fully saturated rings. The molecule has 7 heteroatoms. The number of benzene rings is 2. The third-order valence-corrected chi connectivity index (χ3v) is 3.52. The molecule has 0 heterocycles.